The van der Waals surface area contributed by atoms with Crippen molar-refractivity contribution in [1.82, 2.24) is 14.7 Å². The number of urea groups is 1. The Hall–Kier alpha value is -3.35. The summed E-state index contributed by atoms with van der Waals surface area (Å²) in [6, 6.07) is 3.07. The summed E-state index contributed by atoms with van der Waals surface area (Å²) in [5.74, 6) is -1.22. The van der Waals surface area contributed by atoms with Gasteiger partial charge < -0.3 is 14.9 Å². The van der Waals surface area contributed by atoms with Gasteiger partial charge in [0, 0.05) is 32.7 Å². The number of halogens is 7. The number of benzene rings is 2. The number of carbonyl (C=O) groups is 2. The SMILES string of the molecule is Cc1cc(F)ccc1[C@H]1CC(N2C[C@@H]3CC3(C(=O)O)C2)CCN1C(=O)N(C)[C@H](C)c1cc(C(F)(F)F)cc(C(F)(F)F)c1. The van der Waals surface area contributed by atoms with Crippen molar-refractivity contribution in [2.45, 2.75) is 63.6 Å². The first-order chi connectivity index (χ1) is 19.9. The fourth-order valence-corrected chi connectivity index (χ4v) is 6.76. The Balaban J connectivity index is 1.43. The minimum absolute atomic E-state index is 0.0486. The van der Waals surface area contributed by atoms with Gasteiger partial charge in [-0.3, -0.25) is 9.69 Å². The van der Waals surface area contributed by atoms with Gasteiger partial charge in [0.2, 0.25) is 0 Å². The van der Waals surface area contributed by atoms with Crippen molar-refractivity contribution in [3.63, 3.8) is 0 Å². The highest BCUT2D eigenvalue weighted by Crippen LogP contribution is 2.59. The summed E-state index contributed by atoms with van der Waals surface area (Å²) in [5.41, 5.74) is -2.75. The van der Waals surface area contributed by atoms with Crippen LogP contribution in [0.1, 0.15) is 66.1 Å². The van der Waals surface area contributed by atoms with Crippen LogP contribution in [0, 0.1) is 24.1 Å². The molecule has 2 heterocycles. The van der Waals surface area contributed by atoms with Gasteiger partial charge in [-0.15, -0.1) is 0 Å². The van der Waals surface area contributed by atoms with E-state index in [9.17, 15) is 45.4 Å². The molecule has 1 N–H and O–H groups in total. The number of likely N-dealkylation sites (tertiary alicyclic amines) is 2. The first-order valence-corrected chi connectivity index (χ1v) is 14.0. The van der Waals surface area contributed by atoms with Gasteiger partial charge in [0.25, 0.3) is 0 Å². The Morgan fingerprint density at radius 2 is 1.67 bits per heavy atom. The summed E-state index contributed by atoms with van der Waals surface area (Å²) in [7, 11) is 1.33. The van der Waals surface area contributed by atoms with E-state index in [2.05, 4.69) is 4.90 Å². The second kappa shape index (κ2) is 10.7. The first kappa shape index (κ1) is 31.1. The van der Waals surface area contributed by atoms with E-state index >= 15 is 0 Å². The van der Waals surface area contributed by atoms with E-state index < -0.39 is 58.8 Å². The molecule has 6 nitrogen and oxygen atoms in total. The zero-order chi connectivity index (χ0) is 31.6. The lowest BCUT2D eigenvalue weighted by molar-refractivity contribution is -0.144. The Labute approximate surface area is 244 Å². The molecule has 3 fully saturated rings. The fraction of sp³-hybridized carbons (Fsp3) is 0.533. The molecule has 43 heavy (non-hydrogen) atoms. The molecule has 5 rings (SSSR count). The minimum Gasteiger partial charge on any atom is -0.481 e. The van der Waals surface area contributed by atoms with Crippen molar-refractivity contribution in [3.8, 4) is 0 Å². The van der Waals surface area contributed by atoms with Crippen molar-refractivity contribution in [2.75, 3.05) is 26.7 Å². The highest BCUT2D eigenvalue weighted by molar-refractivity contribution is 5.79. The lowest BCUT2D eigenvalue weighted by Gasteiger charge is -2.45. The number of aryl methyl sites for hydroxylation is 1. The van der Waals surface area contributed by atoms with Gasteiger partial charge in [0.1, 0.15) is 5.82 Å². The molecule has 0 bridgehead atoms. The number of carboxylic acids is 1. The predicted molar refractivity (Wildman–Crippen MR) is 141 cm³/mol. The van der Waals surface area contributed by atoms with E-state index in [4.69, 9.17) is 0 Å². The molecule has 1 saturated carbocycles. The summed E-state index contributed by atoms with van der Waals surface area (Å²) < 4.78 is 95.0. The van der Waals surface area contributed by atoms with Crippen LogP contribution in [0.2, 0.25) is 0 Å². The van der Waals surface area contributed by atoms with Gasteiger partial charge in [0.05, 0.1) is 28.6 Å². The number of alkyl halides is 6. The number of carbonyl (C=O) groups excluding carboxylic acids is 1. The van der Waals surface area contributed by atoms with E-state index in [1.165, 1.54) is 31.0 Å². The number of aliphatic carboxylic acids is 1. The second-order valence-electron chi connectivity index (χ2n) is 12.1. The Morgan fingerprint density at radius 3 is 2.21 bits per heavy atom. The van der Waals surface area contributed by atoms with Crippen molar-refractivity contribution >= 4 is 12.0 Å². The fourth-order valence-electron chi connectivity index (χ4n) is 6.76. The van der Waals surface area contributed by atoms with E-state index in [1.54, 1.807) is 13.0 Å². The van der Waals surface area contributed by atoms with Crippen LogP contribution >= 0.6 is 0 Å². The normalized spacial score (nSPS) is 26.7. The van der Waals surface area contributed by atoms with Crippen LogP contribution in [-0.2, 0) is 17.1 Å². The zero-order valence-corrected chi connectivity index (χ0v) is 23.8. The number of fused-ring (bicyclic) bond motifs is 1. The largest absolute Gasteiger partial charge is 0.481 e. The lowest BCUT2D eigenvalue weighted by atomic mass is 9.88. The summed E-state index contributed by atoms with van der Waals surface area (Å²) in [6.45, 7) is 4.28. The van der Waals surface area contributed by atoms with E-state index in [1.807, 2.05) is 0 Å². The summed E-state index contributed by atoms with van der Waals surface area (Å²) in [6.07, 6.45) is -8.52. The number of hydrogen-bond acceptors (Lipinski definition) is 3. The quantitative estimate of drug-likeness (QED) is 0.372. The third-order valence-electron chi connectivity index (χ3n) is 9.50. The molecule has 1 aliphatic carbocycles. The minimum atomic E-state index is -5.03. The van der Waals surface area contributed by atoms with E-state index in [0.717, 1.165) is 4.90 Å². The molecular weight excluding hydrogens is 583 g/mol. The van der Waals surface area contributed by atoms with Crippen LogP contribution in [-0.4, -0.2) is 64.5 Å². The maximum Gasteiger partial charge on any atom is 0.416 e. The number of carboxylic acid groups (broad SMARTS) is 1. The zero-order valence-electron chi connectivity index (χ0n) is 23.8. The average Bonchev–Trinajstić information content (AvgIpc) is 3.51. The molecule has 3 aliphatic rings. The molecule has 2 aromatic carbocycles. The van der Waals surface area contributed by atoms with Crippen molar-refractivity contribution < 1.29 is 45.4 Å². The molecule has 5 atom stereocenters. The molecular formula is C30H32F7N3O3. The van der Waals surface area contributed by atoms with Gasteiger partial charge in [-0.05, 0) is 86.1 Å². The van der Waals surface area contributed by atoms with Crippen LogP contribution < -0.4 is 0 Å². The van der Waals surface area contributed by atoms with Crippen LogP contribution in [0.25, 0.3) is 0 Å². The maximum atomic E-state index is 14.0. The van der Waals surface area contributed by atoms with Gasteiger partial charge in [-0.2, -0.15) is 26.3 Å². The van der Waals surface area contributed by atoms with Crippen molar-refractivity contribution in [2.24, 2.45) is 11.3 Å². The molecule has 234 valence electrons. The van der Waals surface area contributed by atoms with Gasteiger partial charge in [-0.25, -0.2) is 9.18 Å². The molecule has 2 amide bonds. The molecule has 2 aromatic rings. The highest BCUT2D eigenvalue weighted by atomic mass is 19.4. The lowest BCUT2D eigenvalue weighted by Crippen LogP contribution is -2.52. The number of rotatable bonds is 5. The molecule has 13 heteroatoms. The van der Waals surface area contributed by atoms with Crippen molar-refractivity contribution in [3.05, 3.63) is 70.0 Å². The van der Waals surface area contributed by atoms with Crippen LogP contribution in [0.5, 0.6) is 0 Å². The number of amides is 2. The average molecular weight is 616 g/mol. The number of hydrogen-bond donors (Lipinski definition) is 1. The van der Waals surface area contributed by atoms with E-state index in [-0.39, 0.29) is 30.1 Å². The molecule has 0 aromatic heterocycles. The first-order valence-electron chi connectivity index (χ1n) is 14.0. The summed E-state index contributed by atoms with van der Waals surface area (Å²) in [5, 5.41) is 9.72. The van der Waals surface area contributed by atoms with Gasteiger partial charge >= 0.3 is 24.4 Å². The molecule has 2 saturated heterocycles. The topological polar surface area (TPSA) is 64.1 Å². The summed E-state index contributed by atoms with van der Waals surface area (Å²) >= 11 is 0. The van der Waals surface area contributed by atoms with Crippen LogP contribution in [0.3, 0.4) is 0 Å². The van der Waals surface area contributed by atoms with Gasteiger partial charge in [-0.1, -0.05) is 6.07 Å². The van der Waals surface area contributed by atoms with Crippen LogP contribution in [0.15, 0.2) is 36.4 Å². The standard InChI is InChI=1S/C30H32F7N3O3/c1-16-8-22(31)4-5-24(16)25-12-23(39-14-21-13-28(21,15-39)26(41)42)6-7-40(25)27(43)38(3)17(2)18-9-19(29(32,33)34)11-20(10-18)30(35,36)37/h4-5,8-11,17,21,23,25H,6-7,12-15H2,1-3H3,(H,41,42)/t17-,21+,23?,25-,28?/m1/s1. The third-order valence-corrected chi connectivity index (χ3v) is 9.50. The maximum absolute atomic E-state index is 14.0. The Kier molecular flexibility index (Phi) is 7.72. The van der Waals surface area contributed by atoms with Crippen molar-refractivity contribution in [1.29, 1.82) is 0 Å². The third kappa shape index (κ3) is 5.80. The molecule has 2 aliphatic heterocycles. The van der Waals surface area contributed by atoms with Gasteiger partial charge in [0.15, 0.2) is 0 Å². The second-order valence-corrected chi connectivity index (χ2v) is 12.1. The Morgan fingerprint density at radius 1 is 1.05 bits per heavy atom. The molecule has 2 unspecified atom stereocenters. The monoisotopic (exact) mass is 615 g/mol. The highest BCUT2D eigenvalue weighted by Gasteiger charge is 2.66. The molecule has 0 spiro atoms. The smallest absolute Gasteiger partial charge is 0.416 e. The molecule has 0 radical (unpaired) electrons. The number of nitrogens with zero attached hydrogens (tertiary/aromatic N) is 3. The van der Waals surface area contributed by atoms with Crippen LogP contribution in [0.4, 0.5) is 35.5 Å². The number of piperidine rings is 2. The predicted octanol–water partition coefficient (Wildman–Crippen LogP) is 6.90. The Bertz CT molecular complexity index is 1400. The van der Waals surface area contributed by atoms with E-state index in [0.29, 0.717) is 55.6 Å². The summed E-state index contributed by atoms with van der Waals surface area (Å²) in [4.78, 5) is 30.5.